The van der Waals surface area contributed by atoms with Crippen LogP contribution >= 0.6 is 11.3 Å². The summed E-state index contributed by atoms with van der Waals surface area (Å²) in [5.74, 6) is 0.144. The molecule has 0 saturated carbocycles. The van der Waals surface area contributed by atoms with Crippen molar-refractivity contribution in [2.75, 3.05) is 37.0 Å². The molecule has 1 atom stereocenters. The molecule has 1 aliphatic carbocycles. The number of aryl methyl sites for hydroxylation is 1. The van der Waals surface area contributed by atoms with Crippen LogP contribution in [0.1, 0.15) is 34.0 Å². The van der Waals surface area contributed by atoms with Crippen LogP contribution in [0.15, 0.2) is 52.1 Å². The van der Waals surface area contributed by atoms with E-state index in [2.05, 4.69) is 40.6 Å². The molecule has 1 aliphatic heterocycles. The highest BCUT2D eigenvalue weighted by atomic mass is 32.1. The number of pyridine rings is 1. The normalized spacial score (nSPS) is 18.9. The lowest BCUT2D eigenvalue weighted by molar-refractivity contribution is -0.759. The van der Waals surface area contributed by atoms with Crippen LogP contribution in [0.3, 0.4) is 0 Å². The monoisotopic (exact) mass is 476 g/mol. The Morgan fingerprint density at radius 2 is 2.06 bits per heavy atom. The average Bonchev–Trinajstić information content (AvgIpc) is 3.48. The molecule has 6 rings (SSSR count). The van der Waals surface area contributed by atoms with E-state index in [1.54, 1.807) is 11.0 Å². The van der Waals surface area contributed by atoms with Crippen molar-refractivity contribution in [3.05, 3.63) is 64.3 Å². The number of nitrogen functional groups attached to an aromatic ring is 1. The van der Waals surface area contributed by atoms with Crippen LogP contribution in [-0.2, 0) is 17.6 Å². The van der Waals surface area contributed by atoms with E-state index in [-0.39, 0.29) is 5.88 Å². The summed E-state index contributed by atoms with van der Waals surface area (Å²) in [5, 5.41) is 19.7. The number of hydrogen-bond acceptors (Lipinski definition) is 9. The van der Waals surface area contributed by atoms with Crippen LogP contribution in [0.4, 0.5) is 11.6 Å². The highest BCUT2D eigenvalue weighted by molar-refractivity contribution is 7.21. The second-order valence-electron chi connectivity index (χ2n) is 8.59. The van der Waals surface area contributed by atoms with Gasteiger partial charge in [-0.05, 0) is 42.4 Å². The first-order chi connectivity index (χ1) is 16.7. The van der Waals surface area contributed by atoms with Crippen molar-refractivity contribution in [3.8, 4) is 0 Å². The van der Waals surface area contributed by atoms with Crippen molar-refractivity contribution in [1.29, 1.82) is 0 Å². The van der Waals surface area contributed by atoms with Gasteiger partial charge in [0.25, 0.3) is 6.20 Å². The topological polar surface area (TPSA) is 117 Å². The first kappa shape index (κ1) is 21.1. The van der Waals surface area contributed by atoms with Crippen molar-refractivity contribution >= 4 is 39.0 Å². The van der Waals surface area contributed by atoms with Crippen LogP contribution in [0.2, 0.25) is 0 Å². The van der Waals surface area contributed by atoms with Crippen molar-refractivity contribution < 1.29 is 19.2 Å². The molecule has 4 heterocycles. The van der Waals surface area contributed by atoms with Crippen molar-refractivity contribution in [3.63, 3.8) is 0 Å². The second-order valence-corrected chi connectivity index (χ2v) is 9.58. The van der Waals surface area contributed by atoms with Gasteiger partial charge in [-0.1, -0.05) is 30.3 Å². The zero-order chi connectivity index (χ0) is 23.1. The van der Waals surface area contributed by atoms with E-state index in [1.165, 1.54) is 22.5 Å². The quantitative estimate of drug-likeness (QED) is 0.271. The van der Waals surface area contributed by atoms with Crippen LogP contribution in [0.25, 0.3) is 10.2 Å². The summed E-state index contributed by atoms with van der Waals surface area (Å²) < 4.78 is 10.6. The molecule has 174 valence electrons. The van der Waals surface area contributed by atoms with Crippen LogP contribution < -0.4 is 20.6 Å². The molecule has 9 nitrogen and oxygen atoms in total. The number of benzene rings is 1. The van der Waals surface area contributed by atoms with E-state index < -0.39 is 5.90 Å². The van der Waals surface area contributed by atoms with E-state index in [0.717, 1.165) is 35.2 Å². The summed E-state index contributed by atoms with van der Waals surface area (Å²) in [4.78, 5) is 11.7. The molecular formula is C24H24N6O3S. The maximum Gasteiger partial charge on any atom is 0.324 e. The van der Waals surface area contributed by atoms with Gasteiger partial charge in [0, 0.05) is 17.0 Å². The maximum absolute atomic E-state index is 13.0. The van der Waals surface area contributed by atoms with Gasteiger partial charge in [0.1, 0.15) is 4.83 Å². The molecule has 0 radical (unpaired) electrons. The van der Waals surface area contributed by atoms with Crippen LogP contribution in [0, 0.1) is 0 Å². The van der Waals surface area contributed by atoms with E-state index in [1.807, 2.05) is 11.1 Å². The van der Waals surface area contributed by atoms with Crippen molar-refractivity contribution in [2.24, 2.45) is 4.99 Å². The lowest BCUT2D eigenvalue weighted by Crippen LogP contribution is -2.62. The molecule has 4 aromatic rings. The summed E-state index contributed by atoms with van der Waals surface area (Å²) in [6.07, 6.45) is 4.49. The second kappa shape index (κ2) is 8.69. The summed E-state index contributed by atoms with van der Waals surface area (Å²) in [7, 11) is 0. The lowest BCUT2D eigenvalue weighted by atomic mass is 9.82. The molecule has 1 fully saturated rings. The van der Waals surface area contributed by atoms with Crippen LogP contribution in [0.5, 0.6) is 0 Å². The Morgan fingerprint density at radius 3 is 2.88 bits per heavy atom. The summed E-state index contributed by atoms with van der Waals surface area (Å²) in [5.41, 5.74) is 10.5. The Kier molecular flexibility index (Phi) is 5.39. The molecule has 0 amide bonds. The van der Waals surface area contributed by atoms with Crippen molar-refractivity contribution in [1.82, 2.24) is 10.3 Å². The number of anilines is 1. The molecule has 34 heavy (non-hydrogen) atoms. The summed E-state index contributed by atoms with van der Waals surface area (Å²) in [6, 6.07) is 12.7. The van der Waals surface area contributed by atoms with Gasteiger partial charge in [-0.25, -0.2) is 9.98 Å². The molecule has 2 N–H and O–H groups in total. The van der Waals surface area contributed by atoms with Gasteiger partial charge in [-0.2, -0.15) is 0 Å². The Bertz CT molecular complexity index is 1360. The zero-order valence-electron chi connectivity index (χ0n) is 18.5. The number of thiophene rings is 1. The van der Waals surface area contributed by atoms with Crippen LogP contribution in [-0.4, -0.2) is 42.5 Å². The minimum Gasteiger partial charge on any atom is -0.857 e. The lowest BCUT2D eigenvalue weighted by Gasteiger charge is -2.24. The van der Waals surface area contributed by atoms with Gasteiger partial charge in [0.15, 0.2) is 0 Å². The fourth-order valence-electron chi connectivity index (χ4n) is 4.68. The zero-order valence-corrected chi connectivity index (χ0v) is 19.3. The number of aliphatic imine (C=N–C) groups is 1. The number of nitrogens with two attached hydrogens (primary N) is 1. The minimum absolute atomic E-state index is 0.131. The number of ether oxygens (including phenoxy) is 1. The van der Waals surface area contributed by atoms with E-state index in [4.69, 9.17) is 20.0 Å². The smallest absolute Gasteiger partial charge is 0.324 e. The Hall–Kier alpha value is -3.50. The molecular weight excluding hydrogens is 452 g/mol. The fourth-order valence-corrected chi connectivity index (χ4v) is 5.66. The molecule has 1 unspecified atom stereocenters. The minimum atomic E-state index is -0.453. The SMILES string of the molecule is Nc1c(/C([O-])=N/c2c[n+](N3CCOCC3)no2)sc2nc3c(cc12)CC(c1ccccc1)CC3. The summed E-state index contributed by atoms with van der Waals surface area (Å²) >= 11 is 1.28. The molecule has 0 spiro atoms. The number of rotatable bonds is 4. The van der Waals surface area contributed by atoms with Gasteiger partial charge < -0.3 is 15.6 Å². The van der Waals surface area contributed by atoms with Gasteiger partial charge in [0.05, 0.1) is 41.7 Å². The number of nitrogens with zero attached hydrogens (tertiary/aromatic N) is 5. The molecule has 1 saturated heterocycles. The predicted octanol–water partition coefficient (Wildman–Crippen LogP) is 1.83. The van der Waals surface area contributed by atoms with Gasteiger partial charge >= 0.3 is 5.88 Å². The van der Waals surface area contributed by atoms with Gasteiger partial charge in [-0.3, -0.25) is 4.52 Å². The van der Waals surface area contributed by atoms with Gasteiger partial charge in [0.2, 0.25) is 5.27 Å². The molecule has 0 bridgehead atoms. The third kappa shape index (κ3) is 3.88. The number of hydrogen-bond donors (Lipinski definition) is 1. The maximum atomic E-state index is 13.0. The first-order valence-corrected chi connectivity index (χ1v) is 12.2. The van der Waals surface area contributed by atoms with E-state index >= 15 is 0 Å². The average molecular weight is 477 g/mol. The molecule has 2 aliphatic rings. The molecule has 1 aromatic carbocycles. The van der Waals surface area contributed by atoms with Crippen molar-refractivity contribution in [2.45, 2.75) is 25.2 Å². The number of aromatic nitrogens is 3. The third-order valence-corrected chi connectivity index (χ3v) is 7.59. The molecule has 3 aromatic heterocycles. The first-order valence-electron chi connectivity index (χ1n) is 11.4. The Labute approximate surface area is 200 Å². The molecule has 10 heteroatoms. The summed E-state index contributed by atoms with van der Waals surface area (Å²) in [6.45, 7) is 2.62. The van der Waals surface area contributed by atoms with E-state index in [9.17, 15) is 5.11 Å². The fraction of sp³-hybridized carbons (Fsp3) is 0.333. The Balaban J connectivity index is 1.28. The Morgan fingerprint density at radius 1 is 1.24 bits per heavy atom. The largest absolute Gasteiger partial charge is 0.857 e. The predicted molar refractivity (Wildman–Crippen MR) is 127 cm³/mol. The standard InChI is InChI=1S/C24H24N6O3S/c25-21-18-13-17-12-16(15-4-2-1-3-5-15)6-7-19(17)26-24(18)34-22(21)23(31)27-20-14-30(28-33-20)29-8-10-32-11-9-29/h1-5,13-14,16H,6-12H2,(H2-,25,27,28,31). The van der Waals surface area contributed by atoms with E-state index in [0.29, 0.717) is 42.8 Å². The third-order valence-electron chi connectivity index (χ3n) is 6.48. The number of morpholine rings is 1. The number of fused-ring (bicyclic) bond motifs is 2. The van der Waals surface area contributed by atoms with Gasteiger partial charge in [-0.15, -0.1) is 16.3 Å². The highest BCUT2D eigenvalue weighted by Gasteiger charge is 2.25. The highest BCUT2D eigenvalue weighted by Crippen LogP contribution is 2.38.